The molecule has 0 radical (unpaired) electrons. The van der Waals surface area contributed by atoms with Gasteiger partial charge >= 0.3 is 0 Å². The summed E-state index contributed by atoms with van der Waals surface area (Å²) in [6.07, 6.45) is 38.2. The maximum atomic E-state index is 12.3. The third-order valence-corrected chi connectivity index (χ3v) is 42.7. The molecule has 0 heterocycles. The molecule has 3 nitrogen and oxygen atoms in total. The average molecular weight is 2250 g/mol. The zero-order chi connectivity index (χ0) is 107. The summed E-state index contributed by atoms with van der Waals surface area (Å²) in [5, 5.41) is 16.8. The van der Waals surface area contributed by atoms with Crippen molar-refractivity contribution in [2.24, 2.45) is 74.9 Å². The van der Waals surface area contributed by atoms with E-state index in [1.165, 1.54) is 190 Å². The minimum Gasteiger partial charge on any atom is -0.255 e. The van der Waals surface area contributed by atoms with Gasteiger partial charge in [-0.05, 0) is 302 Å². The summed E-state index contributed by atoms with van der Waals surface area (Å²) >= 11 is 3.63. The van der Waals surface area contributed by atoms with Crippen molar-refractivity contribution in [3.8, 4) is 12.3 Å². The summed E-state index contributed by atoms with van der Waals surface area (Å²) in [4.78, 5) is 2.52. The zero-order valence-corrected chi connectivity index (χ0v) is 99.8. The number of aryl methyl sites for hydroxylation is 1. The predicted molar refractivity (Wildman–Crippen MR) is 662 cm³/mol. The molecule has 1 unspecified atom stereocenters. The number of terminal acetylenes is 1. The third kappa shape index (κ3) is 37.3. The Balaban J connectivity index is 0.000000179. The standard InChI is InChI=1S/C30H50.C20H35Br.4C18H15P.C16H21NO2S.CH3F.Pd/c1-21-19-23(3)24(4)26(20-21)14-13-25-12-10-18-30(8)27(15-16-28(25)30)22(2)11-9-17-29(5,6)7;1-15(8-6-12-19(2,3)4)17-10-11-18-16(14-21)9-7-13-20(17,18)5;4*1-4-10-16(11-5-1)19(17-12-6-2-7-13-17)18-14-8-3-9-15-18;1-5-7-14(4)12-15(6-2)17-20(18,19)16-10-8-13(3)9-11-16;1-2;/h13-14,21-23,27-28H,4,9-12,15-20H2,1-3,5-8H3;14-15,17-18H,6-13H2,1-5H3;4*1-15H;1,6,8-11,14-15,17H,2,7,12H2,3-4H3;1H3;/b25-13+,26-14-;16-14+;;;;;;;/t21-,22+,23-,27+,28-,30+;15-,17-,18+,20-;;;;;14?,15-;;/m01....1../s1. The molecule has 0 bridgehead atoms. The summed E-state index contributed by atoms with van der Waals surface area (Å²) in [7, 11) is -4.81. The van der Waals surface area contributed by atoms with Crippen LogP contribution in [-0.4, -0.2) is 21.6 Å². The van der Waals surface area contributed by atoms with Crippen LogP contribution in [0.5, 0.6) is 0 Å². The van der Waals surface area contributed by atoms with Gasteiger partial charge in [-0.3, -0.25) is 4.39 Å². The molecule has 13 aromatic rings. The van der Waals surface area contributed by atoms with Crippen LogP contribution in [0.25, 0.3) is 0 Å². The molecule has 0 amide bonds. The minimum atomic E-state index is -3.52. The number of sulfonamides is 1. The Morgan fingerprint density at radius 3 is 0.973 bits per heavy atom. The summed E-state index contributed by atoms with van der Waals surface area (Å²) in [5.74, 6) is 9.61. The molecule has 5 aliphatic rings. The van der Waals surface area contributed by atoms with E-state index in [1.807, 2.05) is 13.8 Å². The fraction of sp³-hybridized carbons (Fsp3) is 0.353. The molecule has 150 heavy (non-hydrogen) atoms. The van der Waals surface area contributed by atoms with E-state index >= 15 is 0 Å². The first-order valence-corrected chi connectivity index (χ1v) is 62.5. The van der Waals surface area contributed by atoms with E-state index in [2.05, 4.69) is 504 Å². The average Bonchev–Trinajstić information content (AvgIpc) is 1.60. The fourth-order valence-electron chi connectivity index (χ4n) is 23.3. The summed E-state index contributed by atoms with van der Waals surface area (Å²) in [5.41, 5.74) is 9.52. The van der Waals surface area contributed by atoms with Crippen molar-refractivity contribution in [3.63, 3.8) is 0 Å². The molecular weight excluding hydrogens is 2080 g/mol. The van der Waals surface area contributed by atoms with Crippen LogP contribution in [0.1, 0.15) is 224 Å². The van der Waals surface area contributed by atoms with Crippen LogP contribution in [-0.2, 0) is 30.4 Å². The van der Waals surface area contributed by atoms with E-state index in [0.29, 0.717) is 47.6 Å². The third-order valence-electron chi connectivity index (χ3n) is 30.8. The molecule has 5 aliphatic carbocycles. The maximum Gasteiger partial charge on any atom is 0.241 e. The molecule has 1 N–H and O–H groups in total. The molecular formula is C139H169BrFNO2P4PdS. The minimum absolute atomic E-state index is 0. The van der Waals surface area contributed by atoms with E-state index in [-0.39, 0.29) is 37.3 Å². The van der Waals surface area contributed by atoms with E-state index < -0.39 is 41.7 Å². The molecule has 5 fully saturated rings. The second-order valence-corrected chi connectivity index (χ2v) is 55.6. The van der Waals surface area contributed by atoms with Crippen molar-refractivity contribution < 1.29 is 33.2 Å². The first-order valence-electron chi connectivity index (χ1n) is 54.7. The first kappa shape index (κ1) is 123. The Kier molecular flexibility index (Phi) is 51.5. The molecule has 0 aliphatic heterocycles. The SMILES string of the molecule is C#CCC(C)C[C@@H](C=C)NS(=O)(=O)c1ccc(C)cc1.C=C1/C(=C\C=C2/CCC[C@]3(C)[C@@H]([C@H](C)CCCC(C)(C)C)CC[C@@H]23)C[C@@H](C)C[C@@H]1C.CF.C[C@H](CCCC(C)(C)C)[C@H]1CC[C@H]2/C(=C/Br)CCC[C@]12C.[Pd].c1ccc(P(c2ccccc2)c2ccccc2)cc1.c1ccc(P(c2ccccc2)c2ccccc2)cc1.c1ccc(P(c2ccccc2)c2ccccc2)cc1.c1ccc(P(c2ccccc2)c2ccccc2)cc1. The van der Waals surface area contributed by atoms with Crippen molar-refractivity contribution in [1.29, 1.82) is 0 Å². The van der Waals surface area contributed by atoms with Crippen LogP contribution in [0.2, 0.25) is 0 Å². The van der Waals surface area contributed by atoms with Crippen LogP contribution >= 0.6 is 47.6 Å². The number of rotatable bonds is 28. The summed E-state index contributed by atoms with van der Waals surface area (Å²) in [6.45, 7) is 41.4. The number of hydrogen-bond donors (Lipinski definition) is 1. The van der Waals surface area contributed by atoms with Gasteiger partial charge in [-0.25, -0.2) is 13.1 Å². The van der Waals surface area contributed by atoms with Crippen molar-refractivity contribution in [1.82, 2.24) is 4.72 Å². The van der Waals surface area contributed by atoms with Gasteiger partial charge in [-0.2, -0.15) is 0 Å². The van der Waals surface area contributed by atoms with Gasteiger partial charge in [-0.1, -0.05) is 549 Å². The van der Waals surface area contributed by atoms with Gasteiger partial charge in [0.05, 0.1) is 12.1 Å². The van der Waals surface area contributed by atoms with E-state index in [9.17, 15) is 12.8 Å². The molecule has 792 valence electrons. The molecule has 18 rings (SSSR count). The monoisotopic (exact) mass is 2240 g/mol. The normalized spacial score (nSPS) is 20.2. The summed E-state index contributed by atoms with van der Waals surface area (Å²) < 4.78 is 36.7. The van der Waals surface area contributed by atoms with Crippen LogP contribution in [0, 0.1) is 94.2 Å². The molecule has 12 atom stereocenters. The van der Waals surface area contributed by atoms with Crippen molar-refractivity contribution in [3.05, 3.63) is 452 Å². The fourth-order valence-corrected chi connectivity index (χ4v) is 34.3. The topological polar surface area (TPSA) is 46.2 Å². The van der Waals surface area contributed by atoms with E-state index in [0.717, 1.165) is 47.0 Å². The van der Waals surface area contributed by atoms with Crippen LogP contribution in [0.15, 0.2) is 452 Å². The number of alkyl halides is 1. The van der Waals surface area contributed by atoms with Crippen molar-refractivity contribution in [2.45, 2.75) is 236 Å². The maximum absolute atomic E-state index is 12.3. The number of benzene rings is 13. The van der Waals surface area contributed by atoms with Gasteiger partial charge in [0.1, 0.15) is 0 Å². The first-order chi connectivity index (χ1) is 72.0. The summed E-state index contributed by atoms with van der Waals surface area (Å²) in [6, 6.07) is 136. The zero-order valence-electron chi connectivity index (χ0n) is 92.3. The van der Waals surface area contributed by atoms with Crippen LogP contribution < -0.4 is 68.4 Å². The van der Waals surface area contributed by atoms with Gasteiger partial charge < -0.3 is 0 Å². The largest absolute Gasteiger partial charge is 0.255 e. The van der Waals surface area contributed by atoms with E-state index in [4.69, 9.17) is 6.42 Å². The van der Waals surface area contributed by atoms with Gasteiger partial charge in [0, 0.05) is 32.9 Å². The van der Waals surface area contributed by atoms with Crippen LogP contribution in [0.4, 0.5) is 4.39 Å². The Hall–Kier alpha value is -9.18. The van der Waals surface area contributed by atoms with Crippen molar-refractivity contribution in [2.75, 3.05) is 7.18 Å². The Morgan fingerprint density at radius 1 is 0.440 bits per heavy atom. The number of fused-ring (bicyclic) bond motifs is 2. The smallest absolute Gasteiger partial charge is 0.241 e. The van der Waals surface area contributed by atoms with Gasteiger partial charge in [-0.15, -0.1) is 18.9 Å². The molecule has 0 aromatic heterocycles. The predicted octanol–water partition coefficient (Wildman–Crippen LogP) is 34.1. The van der Waals surface area contributed by atoms with Gasteiger partial charge in [0.15, 0.2) is 0 Å². The Bertz CT molecular complexity index is 5450. The Labute approximate surface area is 934 Å². The molecule has 0 saturated heterocycles. The number of nitrogens with one attached hydrogen (secondary N) is 1. The van der Waals surface area contributed by atoms with E-state index in [1.54, 1.807) is 41.5 Å². The van der Waals surface area contributed by atoms with Gasteiger partial charge in [0.2, 0.25) is 10.0 Å². The Morgan fingerprint density at radius 2 is 0.713 bits per heavy atom. The molecule has 11 heteroatoms. The molecule has 13 aromatic carbocycles. The number of halogens is 2. The quantitative estimate of drug-likeness (QED) is 0.0230. The second-order valence-electron chi connectivity index (χ2n) is 44.5. The molecule has 5 saturated carbocycles. The van der Waals surface area contributed by atoms with Crippen molar-refractivity contribution >= 4 is 121 Å². The van der Waals surface area contributed by atoms with Gasteiger partial charge in [0.25, 0.3) is 0 Å². The number of allylic oxidation sites excluding steroid dienone is 6. The number of hydrogen-bond acceptors (Lipinski definition) is 2. The molecule has 0 spiro atoms. The second kappa shape index (κ2) is 63.0. The van der Waals surface area contributed by atoms with Crippen LogP contribution in [0.3, 0.4) is 0 Å².